The molecule has 0 amide bonds. The normalized spacial score (nSPS) is 19.2. The van der Waals surface area contributed by atoms with Gasteiger partial charge in [0, 0.05) is 17.5 Å². The Morgan fingerprint density at radius 2 is 2.17 bits per heavy atom. The molecule has 0 saturated carbocycles. The maximum atomic E-state index is 10.8. The molecule has 3 heteroatoms. The van der Waals surface area contributed by atoms with Crippen molar-refractivity contribution in [1.82, 2.24) is 4.90 Å². The Morgan fingerprint density at radius 3 is 2.78 bits per heavy atom. The molecule has 0 saturated heterocycles. The number of hydrogen-bond acceptors (Lipinski definition) is 3. The van der Waals surface area contributed by atoms with E-state index in [-0.39, 0.29) is 5.54 Å². The number of aliphatic hydroxyl groups is 1. The molecule has 1 N–H and O–H groups in total. The van der Waals surface area contributed by atoms with E-state index in [9.17, 15) is 5.11 Å². The number of para-hydroxylation sites is 1. The number of rotatable bonds is 4. The summed E-state index contributed by atoms with van der Waals surface area (Å²) in [6, 6.07) is 6.07. The average molecular weight is 249 g/mol. The lowest BCUT2D eigenvalue weighted by Gasteiger charge is -2.40. The zero-order valence-electron chi connectivity index (χ0n) is 11.7. The number of hydrogen-bond donors (Lipinski definition) is 1. The van der Waals surface area contributed by atoms with Gasteiger partial charge in [-0.25, -0.2) is 0 Å². The molecule has 1 heterocycles. The van der Waals surface area contributed by atoms with Crippen molar-refractivity contribution in [2.24, 2.45) is 0 Å². The topological polar surface area (TPSA) is 32.7 Å². The molecule has 1 aliphatic heterocycles. The Bertz CT molecular complexity index is 431. The Balaban J connectivity index is 2.40. The van der Waals surface area contributed by atoms with Crippen LogP contribution in [0.1, 0.15) is 37.5 Å². The van der Waals surface area contributed by atoms with Gasteiger partial charge < -0.3 is 14.7 Å². The van der Waals surface area contributed by atoms with Gasteiger partial charge in [-0.05, 0) is 33.0 Å². The van der Waals surface area contributed by atoms with Crippen molar-refractivity contribution >= 4 is 0 Å². The van der Waals surface area contributed by atoms with E-state index in [1.54, 1.807) is 0 Å². The smallest absolute Gasteiger partial charge is 0.128 e. The third kappa shape index (κ3) is 2.02. The fraction of sp³-hybridized carbons (Fsp3) is 0.600. The van der Waals surface area contributed by atoms with Gasteiger partial charge in [0.1, 0.15) is 11.9 Å². The van der Waals surface area contributed by atoms with E-state index in [4.69, 9.17) is 4.74 Å². The van der Waals surface area contributed by atoms with Crippen LogP contribution in [-0.4, -0.2) is 36.2 Å². The number of nitrogens with zero attached hydrogens (tertiary/aromatic N) is 1. The lowest BCUT2D eigenvalue weighted by atomic mass is 9.85. The highest BCUT2D eigenvalue weighted by atomic mass is 16.5. The maximum Gasteiger partial charge on any atom is 0.128 e. The Labute approximate surface area is 109 Å². The van der Waals surface area contributed by atoms with Crippen LogP contribution in [0.5, 0.6) is 5.75 Å². The van der Waals surface area contributed by atoms with Crippen molar-refractivity contribution in [3.8, 4) is 5.75 Å². The van der Waals surface area contributed by atoms with E-state index < -0.39 is 6.10 Å². The van der Waals surface area contributed by atoms with Gasteiger partial charge in [0.05, 0.1) is 6.61 Å². The molecule has 2 rings (SSSR count). The van der Waals surface area contributed by atoms with Gasteiger partial charge in [-0.1, -0.05) is 25.1 Å². The van der Waals surface area contributed by atoms with Crippen molar-refractivity contribution in [3.05, 3.63) is 29.3 Å². The van der Waals surface area contributed by atoms with Gasteiger partial charge in [-0.3, -0.25) is 0 Å². The van der Waals surface area contributed by atoms with E-state index in [2.05, 4.69) is 24.8 Å². The first-order chi connectivity index (χ1) is 8.50. The predicted molar refractivity (Wildman–Crippen MR) is 73.0 cm³/mol. The Morgan fingerprint density at radius 1 is 1.44 bits per heavy atom. The SMILES string of the molecule is CCC(C)(C(O)c1cccc2c1OCC2)N(C)C. The standard InChI is InChI=1S/C15H23NO2/c1-5-15(2,16(3)4)14(17)12-8-6-7-11-9-10-18-13(11)12/h6-8,14,17H,5,9-10H2,1-4H3. The fourth-order valence-corrected chi connectivity index (χ4v) is 2.55. The van der Waals surface area contributed by atoms with Crippen LogP contribution in [0, 0.1) is 0 Å². The van der Waals surface area contributed by atoms with Crippen molar-refractivity contribution in [1.29, 1.82) is 0 Å². The molecule has 1 aromatic carbocycles. The molecule has 0 fully saturated rings. The van der Waals surface area contributed by atoms with Crippen molar-refractivity contribution in [3.63, 3.8) is 0 Å². The monoisotopic (exact) mass is 249 g/mol. The molecular formula is C15H23NO2. The number of fused-ring (bicyclic) bond motifs is 1. The molecule has 0 radical (unpaired) electrons. The number of benzene rings is 1. The molecule has 1 aromatic rings. The first-order valence-corrected chi connectivity index (χ1v) is 6.60. The van der Waals surface area contributed by atoms with E-state index in [0.717, 1.165) is 30.8 Å². The van der Waals surface area contributed by atoms with Crippen LogP contribution in [0.25, 0.3) is 0 Å². The van der Waals surface area contributed by atoms with Crippen LogP contribution in [0.15, 0.2) is 18.2 Å². The third-order valence-electron chi connectivity index (χ3n) is 4.37. The number of likely N-dealkylation sites (N-methyl/N-ethyl adjacent to an activating group) is 1. The molecule has 0 spiro atoms. The zero-order valence-corrected chi connectivity index (χ0v) is 11.7. The van der Waals surface area contributed by atoms with E-state index in [0.29, 0.717) is 0 Å². The van der Waals surface area contributed by atoms with E-state index in [1.165, 1.54) is 5.56 Å². The molecule has 2 atom stereocenters. The second-order valence-corrected chi connectivity index (χ2v) is 5.44. The van der Waals surface area contributed by atoms with Gasteiger partial charge in [0.25, 0.3) is 0 Å². The van der Waals surface area contributed by atoms with Gasteiger partial charge in [-0.15, -0.1) is 0 Å². The van der Waals surface area contributed by atoms with Crippen LogP contribution in [-0.2, 0) is 6.42 Å². The summed E-state index contributed by atoms with van der Waals surface area (Å²) in [6.07, 6.45) is 1.29. The summed E-state index contributed by atoms with van der Waals surface area (Å²) < 4.78 is 5.69. The van der Waals surface area contributed by atoms with E-state index >= 15 is 0 Å². The van der Waals surface area contributed by atoms with Crippen LogP contribution in [0.2, 0.25) is 0 Å². The van der Waals surface area contributed by atoms with Gasteiger partial charge in [0.2, 0.25) is 0 Å². The van der Waals surface area contributed by atoms with Crippen molar-refractivity contribution in [2.45, 2.75) is 38.3 Å². The molecule has 3 nitrogen and oxygen atoms in total. The fourth-order valence-electron chi connectivity index (χ4n) is 2.55. The zero-order chi connectivity index (χ0) is 13.3. The first kappa shape index (κ1) is 13.4. The highest BCUT2D eigenvalue weighted by molar-refractivity contribution is 5.46. The quantitative estimate of drug-likeness (QED) is 0.889. The van der Waals surface area contributed by atoms with Gasteiger partial charge in [-0.2, -0.15) is 0 Å². The molecular weight excluding hydrogens is 226 g/mol. The number of ether oxygens (including phenoxy) is 1. The lowest BCUT2D eigenvalue weighted by molar-refractivity contribution is -0.000430. The summed E-state index contributed by atoms with van der Waals surface area (Å²) in [5.41, 5.74) is 1.85. The Hall–Kier alpha value is -1.06. The van der Waals surface area contributed by atoms with Crippen LogP contribution < -0.4 is 4.74 Å². The first-order valence-electron chi connectivity index (χ1n) is 6.60. The minimum atomic E-state index is -0.537. The summed E-state index contributed by atoms with van der Waals surface area (Å²) in [4.78, 5) is 2.09. The summed E-state index contributed by atoms with van der Waals surface area (Å²) >= 11 is 0. The molecule has 2 unspecified atom stereocenters. The van der Waals surface area contributed by atoms with Gasteiger partial charge >= 0.3 is 0 Å². The highest BCUT2D eigenvalue weighted by Crippen LogP contribution is 2.40. The third-order valence-corrected chi connectivity index (χ3v) is 4.37. The molecule has 0 bridgehead atoms. The largest absolute Gasteiger partial charge is 0.493 e. The Kier molecular flexibility index (Phi) is 3.64. The summed E-state index contributed by atoms with van der Waals surface area (Å²) in [5.74, 6) is 0.895. The van der Waals surface area contributed by atoms with Crippen LogP contribution in [0.4, 0.5) is 0 Å². The maximum absolute atomic E-state index is 10.8. The summed E-state index contributed by atoms with van der Waals surface area (Å²) in [7, 11) is 4.02. The van der Waals surface area contributed by atoms with Crippen molar-refractivity contribution < 1.29 is 9.84 Å². The number of aliphatic hydroxyl groups excluding tert-OH is 1. The predicted octanol–water partition coefficient (Wildman–Crippen LogP) is 2.39. The van der Waals surface area contributed by atoms with E-state index in [1.807, 2.05) is 26.2 Å². The molecule has 0 aromatic heterocycles. The minimum absolute atomic E-state index is 0.277. The molecule has 18 heavy (non-hydrogen) atoms. The van der Waals surface area contributed by atoms with Crippen LogP contribution >= 0.6 is 0 Å². The molecule has 1 aliphatic rings. The second kappa shape index (κ2) is 4.90. The van der Waals surface area contributed by atoms with Crippen LogP contribution in [0.3, 0.4) is 0 Å². The average Bonchev–Trinajstić information content (AvgIpc) is 2.84. The summed E-state index contributed by atoms with van der Waals surface area (Å²) in [6.45, 7) is 4.92. The van der Waals surface area contributed by atoms with Gasteiger partial charge in [0.15, 0.2) is 0 Å². The minimum Gasteiger partial charge on any atom is -0.493 e. The summed E-state index contributed by atoms with van der Waals surface area (Å²) in [5, 5.41) is 10.8. The molecule has 0 aliphatic carbocycles. The molecule has 100 valence electrons. The lowest BCUT2D eigenvalue weighted by Crippen LogP contribution is -2.46. The second-order valence-electron chi connectivity index (χ2n) is 5.44. The van der Waals surface area contributed by atoms with Crippen molar-refractivity contribution in [2.75, 3.05) is 20.7 Å². The highest BCUT2D eigenvalue weighted by Gasteiger charge is 2.37.